The van der Waals surface area contributed by atoms with Crippen molar-refractivity contribution in [3.8, 4) is 0 Å². The molecule has 0 spiro atoms. The predicted molar refractivity (Wildman–Crippen MR) is 69.2 cm³/mol. The monoisotopic (exact) mass is 288 g/mol. The highest BCUT2D eigenvalue weighted by molar-refractivity contribution is 5.31. The van der Waals surface area contributed by atoms with Crippen molar-refractivity contribution in [2.45, 2.75) is 50.5 Å². The highest BCUT2D eigenvalue weighted by Gasteiger charge is 2.34. The smallest absolute Gasteiger partial charge is 0.388 e. The normalized spacial score (nSPS) is 21.7. The number of halogens is 3. The van der Waals surface area contributed by atoms with Gasteiger partial charge in [-0.25, -0.2) is 0 Å². The molecule has 1 aliphatic rings. The number of hydrogen-bond donors (Lipinski definition) is 1. The fourth-order valence-corrected chi connectivity index (χ4v) is 2.58. The van der Waals surface area contributed by atoms with Crippen LogP contribution in [0.3, 0.4) is 0 Å². The summed E-state index contributed by atoms with van der Waals surface area (Å²) in [6.07, 6.45) is -1.54. The van der Waals surface area contributed by atoms with Crippen LogP contribution < -0.4 is 0 Å². The summed E-state index contributed by atoms with van der Waals surface area (Å²) < 4.78 is 44.1. The molecule has 1 aromatic carbocycles. The Morgan fingerprint density at radius 2 is 2.00 bits per heavy atom. The molecule has 2 atom stereocenters. The van der Waals surface area contributed by atoms with Crippen molar-refractivity contribution in [1.29, 1.82) is 0 Å². The molecule has 2 unspecified atom stereocenters. The van der Waals surface area contributed by atoms with E-state index in [0.717, 1.165) is 25.3 Å². The lowest BCUT2D eigenvalue weighted by atomic mass is 9.96. The van der Waals surface area contributed by atoms with E-state index in [4.69, 9.17) is 4.74 Å². The Kier molecular flexibility index (Phi) is 5.05. The van der Waals surface area contributed by atoms with Gasteiger partial charge in [-0.05, 0) is 43.7 Å². The molecule has 0 aliphatic carbocycles. The SMILES string of the molecule is OC(CCC1CCCCO1)c1ccccc1C(F)(F)F. The van der Waals surface area contributed by atoms with E-state index in [-0.39, 0.29) is 18.1 Å². The largest absolute Gasteiger partial charge is 0.416 e. The molecule has 0 bridgehead atoms. The molecule has 1 aromatic rings. The number of aliphatic hydroxyl groups is 1. The molecule has 2 nitrogen and oxygen atoms in total. The fraction of sp³-hybridized carbons (Fsp3) is 0.600. The third kappa shape index (κ3) is 3.96. The Morgan fingerprint density at radius 3 is 2.65 bits per heavy atom. The van der Waals surface area contributed by atoms with Gasteiger partial charge in [0.05, 0.1) is 17.8 Å². The van der Waals surface area contributed by atoms with Gasteiger partial charge in [-0.3, -0.25) is 0 Å². The van der Waals surface area contributed by atoms with E-state index in [2.05, 4.69) is 0 Å². The summed E-state index contributed by atoms with van der Waals surface area (Å²) in [5.74, 6) is 0. The first-order valence-electron chi connectivity index (χ1n) is 6.94. The van der Waals surface area contributed by atoms with Crippen molar-refractivity contribution < 1.29 is 23.0 Å². The minimum absolute atomic E-state index is 0.0455. The van der Waals surface area contributed by atoms with Crippen LogP contribution >= 0.6 is 0 Å². The van der Waals surface area contributed by atoms with Crippen LogP contribution in [0.15, 0.2) is 24.3 Å². The quantitative estimate of drug-likeness (QED) is 0.904. The number of alkyl halides is 3. The van der Waals surface area contributed by atoms with E-state index >= 15 is 0 Å². The minimum Gasteiger partial charge on any atom is -0.388 e. The maximum atomic E-state index is 12.9. The van der Waals surface area contributed by atoms with Crippen LogP contribution in [0, 0.1) is 0 Å². The second kappa shape index (κ2) is 6.59. The standard InChI is InChI=1S/C15H19F3O2/c16-15(17,18)13-7-2-1-6-12(13)14(19)9-8-11-5-3-4-10-20-11/h1-2,6-7,11,14,19H,3-5,8-10H2. The summed E-state index contributed by atoms with van der Waals surface area (Å²) in [6, 6.07) is 5.21. The molecule has 1 saturated heterocycles. The Labute approximate surface area is 116 Å². The third-order valence-electron chi connectivity index (χ3n) is 3.66. The average Bonchev–Trinajstić information content (AvgIpc) is 2.45. The van der Waals surface area contributed by atoms with E-state index in [0.29, 0.717) is 13.0 Å². The van der Waals surface area contributed by atoms with Gasteiger partial charge in [0.15, 0.2) is 0 Å². The molecule has 1 N–H and O–H groups in total. The molecule has 1 heterocycles. The van der Waals surface area contributed by atoms with Crippen LogP contribution in [0.2, 0.25) is 0 Å². The van der Waals surface area contributed by atoms with Crippen molar-refractivity contribution in [2.24, 2.45) is 0 Å². The molecule has 2 rings (SSSR count). The molecule has 20 heavy (non-hydrogen) atoms. The Morgan fingerprint density at radius 1 is 1.25 bits per heavy atom. The average molecular weight is 288 g/mol. The van der Waals surface area contributed by atoms with E-state index in [9.17, 15) is 18.3 Å². The van der Waals surface area contributed by atoms with Gasteiger partial charge in [0.25, 0.3) is 0 Å². The molecule has 1 fully saturated rings. The lowest BCUT2D eigenvalue weighted by Gasteiger charge is -2.24. The first-order chi connectivity index (χ1) is 9.48. The van der Waals surface area contributed by atoms with Crippen LogP contribution in [-0.4, -0.2) is 17.8 Å². The maximum Gasteiger partial charge on any atom is 0.416 e. The molecular formula is C15H19F3O2. The Hall–Kier alpha value is -1.07. The lowest BCUT2D eigenvalue weighted by molar-refractivity contribution is -0.139. The van der Waals surface area contributed by atoms with Gasteiger partial charge >= 0.3 is 6.18 Å². The topological polar surface area (TPSA) is 29.5 Å². The number of ether oxygens (including phenoxy) is 1. The summed E-state index contributed by atoms with van der Waals surface area (Å²) in [7, 11) is 0. The molecule has 112 valence electrons. The summed E-state index contributed by atoms with van der Waals surface area (Å²) in [6.45, 7) is 0.708. The second-order valence-electron chi connectivity index (χ2n) is 5.17. The molecule has 0 aromatic heterocycles. The molecule has 0 radical (unpaired) electrons. The minimum atomic E-state index is -4.43. The third-order valence-corrected chi connectivity index (χ3v) is 3.66. The molecular weight excluding hydrogens is 269 g/mol. The molecule has 5 heteroatoms. The van der Waals surface area contributed by atoms with Crippen LogP contribution in [0.4, 0.5) is 13.2 Å². The molecule has 1 aliphatic heterocycles. The summed E-state index contributed by atoms with van der Waals surface area (Å²) in [4.78, 5) is 0. The second-order valence-corrected chi connectivity index (χ2v) is 5.17. The van der Waals surface area contributed by atoms with Crippen molar-refractivity contribution in [3.63, 3.8) is 0 Å². The summed E-state index contributed by atoms with van der Waals surface area (Å²) in [5, 5.41) is 10.0. The number of aliphatic hydroxyl groups excluding tert-OH is 1. The van der Waals surface area contributed by atoms with Gasteiger partial charge in [0, 0.05) is 6.61 Å². The number of rotatable bonds is 4. The van der Waals surface area contributed by atoms with Gasteiger partial charge in [-0.2, -0.15) is 13.2 Å². The van der Waals surface area contributed by atoms with Gasteiger partial charge in [-0.15, -0.1) is 0 Å². The first-order valence-corrected chi connectivity index (χ1v) is 6.94. The fourth-order valence-electron chi connectivity index (χ4n) is 2.58. The molecule has 0 amide bonds. The highest BCUT2D eigenvalue weighted by Crippen LogP contribution is 2.36. The van der Waals surface area contributed by atoms with Gasteiger partial charge in [-0.1, -0.05) is 18.2 Å². The van der Waals surface area contributed by atoms with Crippen LogP contribution in [-0.2, 0) is 10.9 Å². The van der Waals surface area contributed by atoms with Gasteiger partial charge in [0.2, 0.25) is 0 Å². The van der Waals surface area contributed by atoms with E-state index in [1.807, 2.05) is 0 Å². The zero-order valence-electron chi connectivity index (χ0n) is 11.2. The summed E-state index contributed by atoms with van der Waals surface area (Å²) >= 11 is 0. The number of hydrogen-bond acceptors (Lipinski definition) is 2. The first kappa shape index (κ1) is 15.3. The van der Waals surface area contributed by atoms with Crippen molar-refractivity contribution in [1.82, 2.24) is 0 Å². The highest BCUT2D eigenvalue weighted by atomic mass is 19.4. The van der Waals surface area contributed by atoms with E-state index in [1.54, 1.807) is 0 Å². The van der Waals surface area contributed by atoms with Crippen molar-refractivity contribution >= 4 is 0 Å². The van der Waals surface area contributed by atoms with Crippen LogP contribution in [0.25, 0.3) is 0 Å². The predicted octanol–water partition coefficient (Wildman–Crippen LogP) is 4.09. The van der Waals surface area contributed by atoms with E-state index < -0.39 is 17.8 Å². The van der Waals surface area contributed by atoms with Crippen molar-refractivity contribution in [3.05, 3.63) is 35.4 Å². The maximum absolute atomic E-state index is 12.9. The zero-order chi connectivity index (χ0) is 14.6. The lowest BCUT2D eigenvalue weighted by Crippen LogP contribution is -2.20. The van der Waals surface area contributed by atoms with Gasteiger partial charge < -0.3 is 9.84 Å². The Bertz CT molecular complexity index is 425. The van der Waals surface area contributed by atoms with Crippen LogP contribution in [0.5, 0.6) is 0 Å². The number of benzene rings is 1. The van der Waals surface area contributed by atoms with Crippen LogP contribution in [0.1, 0.15) is 49.3 Å². The Balaban J connectivity index is 2.00. The summed E-state index contributed by atoms with van der Waals surface area (Å²) in [5.41, 5.74) is -0.798. The zero-order valence-corrected chi connectivity index (χ0v) is 11.2. The van der Waals surface area contributed by atoms with Crippen molar-refractivity contribution in [2.75, 3.05) is 6.61 Å². The van der Waals surface area contributed by atoms with E-state index in [1.165, 1.54) is 18.2 Å². The molecule has 0 saturated carbocycles. The van der Waals surface area contributed by atoms with Gasteiger partial charge in [0.1, 0.15) is 0 Å².